The lowest BCUT2D eigenvalue weighted by molar-refractivity contribution is -0.271. The van der Waals surface area contributed by atoms with E-state index < -0.39 is 47.9 Å². The minimum Gasteiger partial charge on any atom is -0.507 e. The van der Waals surface area contributed by atoms with Crippen molar-refractivity contribution in [3.05, 3.63) is 46.6 Å². The molecule has 0 aliphatic carbocycles. The normalized spacial score (nSPS) is 24.6. The minimum atomic E-state index is -1.90. The number of methoxy groups -OCH3 is 1. The number of rotatable bonds is 5. The summed E-state index contributed by atoms with van der Waals surface area (Å²) in [5.41, 5.74) is -0.331. The molecule has 1 fully saturated rings. The smallest absolute Gasteiger partial charge is 0.335 e. The standard InChI is InChI=1S/C22H20O12/c1-31-14-4-8(2-3-10(14)23)13-7-12(25)16-11(24)5-9(6-15(16)33-13)32-22-19(28)17(26)18(27)20(34-22)21(29)30/h2-7,17-20,22-24,26-28H,1H3,(H,29,30)/t17-,18-,19+,20-,22?/m0/s1. The summed E-state index contributed by atoms with van der Waals surface area (Å²) in [6, 6.07) is 7.61. The zero-order valence-corrected chi connectivity index (χ0v) is 17.5. The molecule has 0 amide bonds. The van der Waals surface area contributed by atoms with Gasteiger partial charge in [0.05, 0.1) is 7.11 Å². The second kappa shape index (κ2) is 8.83. The summed E-state index contributed by atoms with van der Waals surface area (Å²) in [5, 5.41) is 59.0. The van der Waals surface area contributed by atoms with E-state index in [1.807, 2.05) is 0 Å². The monoisotopic (exact) mass is 476 g/mol. The minimum absolute atomic E-state index is 0.0748. The second-order valence-electron chi connectivity index (χ2n) is 7.53. The van der Waals surface area contributed by atoms with Gasteiger partial charge in [0.2, 0.25) is 6.29 Å². The Morgan fingerprint density at radius 3 is 2.38 bits per heavy atom. The van der Waals surface area contributed by atoms with Gasteiger partial charge in [-0.05, 0) is 18.2 Å². The molecule has 2 heterocycles. The average Bonchev–Trinajstić information content (AvgIpc) is 2.79. The number of carboxylic acids is 1. The number of aliphatic hydroxyl groups excluding tert-OH is 3. The van der Waals surface area contributed by atoms with E-state index >= 15 is 0 Å². The van der Waals surface area contributed by atoms with Crippen LogP contribution in [-0.4, -0.2) is 74.4 Å². The summed E-state index contributed by atoms with van der Waals surface area (Å²) in [6.07, 6.45) is -9.23. The fourth-order valence-corrected chi connectivity index (χ4v) is 3.57. The molecule has 5 atom stereocenters. The Bertz CT molecular complexity index is 1300. The molecule has 0 bridgehead atoms. The maximum absolute atomic E-state index is 12.6. The summed E-state index contributed by atoms with van der Waals surface area (Å²) in [5.74, 6) is -2.22. The van der Waals surface area contributed by atoms with E-state index in [4.69, 9.17) is 23.7 Å². The highest BCUT2D eigenvalue weighted by atomic mass is 16.7. The molecule has 180 valence electrons. The van der Waals surface area contributed by atoms with Crippen LogP contribution in [0, 0.1) is 0 Å². The number of carboxylic acid groups (broad SMARTS) is 1. The van der Waals surface area contributed by atoms with Gasteiger partial charge in [-0.3, -0.25) is 4.79 Å². The molecule has 34 heavy (non-hydrogen) atoms. The first-order chi connectivity index (χ1) is 16.1. The quantitative estimate of drug-likeness (QED) is 0.292. The molecule has 3 aromatic rings. The molecule has 0 saturated carbocycles. The summed E-state index contributed by atoms with van der Waals surface area (Å²) in [6.45, 7) is 0. The zero-order valence-electron chi connectivity index (χ0n) is 17.5. The molecule has 4 rings (SSSR count). The highest BCUT2D eigenvalue weighted by molar-refractivity contribution is 5.86. The van der Waals surface area contributed by atoms with Crippen molar-refractivity contribution in [1.82, 2.24) is 0 Å². The maximum atomic E-state index is 12.6. The van der Waals surface area contributed by atoms with Gasteiger partial charge in [0.25, 0.3) is 0 Å². The predicted molar refractivity (Wildman–Crippen MR) is 113 cm³/mol. The highest BCUT2D eigenvalue weighted by Crippen LogP contribution is 2.35. The van der Waals surface area contributed by atoms with E-state index in [9.17, 15) is 35.1 Å². The van der Waals surface area contributed by atoms with E-state index in [0.29, 0.717) is 5.56 Å². The highest BCUT2D eigenvalue weighted by Gasteiger charge is 2.48. The van der Waals surface area contributed by atoms with Crippen LogP contribution < -0.4 is 14.9 Å². The third-order valence-electron chi connectivity index (χ3n) is 5.31. The van der Waals surface area contributed by atoms with Crippen LogP contribution in [0.15, 0.2) is 45.6 Å². The summed E-state index contributed by atoms with van der Waals surface area (Å²) < 4.78 is 21.3. The Morgan fingerprint density at radius 2 is 1.71 bits per heavy atom. The van der Waals surface area contributed by atoms with Crippen molar-refractivity contribution in [3.63, 3.8) is 0 Å². The van der Waals surface area contributed by atoms with Crippen LogP contribution in [0.25, 0.3) is 22.3 Å². The van der Waals surface area contributed by atoms with Crippen LogP contribution in [0.2, 0.25) is 0 Å². The number of ether oxygens (including phenoxy) is 3. The van der Waals surface area contributed by atoms with Gasteiger partial charge in [-0.25, -0.2) is 4.79 Å². The lowest BCUT2D eigenvalue weighted by Crippen LogP contribution is -2.61. The Balaban J connectivity index is 1.73. The third-order valence-corrected chi connectivity index (χ3v) is 5.31. The molecule has 1 saturated heterocycles. The van der Waals surface area contributed by atoms with Crippen LogP contribution in [0.1, 0.15) is 0 Å². The van der Waals surface area contributed by atoms with Crippen molar-refractivity contribution in [2.75, 3.05) is 7.11 Å². The fraction of sp³-hybridized carbons (Fsp3) is 0.273. The molecular formula is C22H20O12. The van der Waals surface area contributed by atoms with Crippen LogP contribution in [0.4, 0.5) is 0 Å². The van der Waals surface area contributed by atoms with Crippen LogP contribution in [0.3, 0.4) is 0 Å². The molecule has 0 spiro atoms. The van der Waals surface area contributed by atoms with Gasteiger partial charge in [-0.15, -0.1) is 0 Å². The Labute approximate surface area is 190 Å². The number of fused-ring (bicyclic) bond motifs is 1. The first-order valence-corrected chi connectivity index (χ1v) is 9.88. The van der Waals surface area contributed by atoms with Crippen LogP contribution in [-0.2, 0) is 9.53 Å². The van der Waals surface area contributed by atoms with Crippen molar-refractivity contribution < 1.29 is 54.1 Å². The molecule has 1 unspecified atom stereocenters. The van der Waals surface area contributed by atoms with Crippen molar-refractivity contribution in [2.45, 2.75) is 30.7 Å². The Morgan fingerprint density at radius 1 is 0.971 bits per heavy atom. The molecule has 12 nitrogen and oxygen atoms in total. The van der Waals surface area contributed by atoms with E-state index in [2.05, 4.69) is 0 Å². The molecule has 6 N–H and O–H groups in total. The number of aromatic hydroxyl groups is 2. The third kappa shape index (κ3) is 4.10. The first kappa shape index (κ1) is 23.3. The number of aliphatic carboxylic acids is 1. The molecule has 12 heteroatoms. The lowest BCUT2D eigenvalue weighted by Gasteiger charge is -2.38. The van der Waals surface area contributed by atoms with Gasteiger partial charge in [0.15, 0.2) is 23.0 Å². The zero-order chi connectivity index (χ0) is 24.7. The van der Waals surface area contributed by atoms with Crippen molar-refractivity contribution in [3.8, 4) is 34.3 Å². The SMILES string of the molecule is COc1cc(-c2cc(=O)c3c(O)cc(OC4O[C@H](C(=O)O)[C@@H](O)[C@H](O)[C@H]4O)cc3o2)ccc1O. The van der Waals surface area contributed by atoms with Gasteiger partial charge in [0.1, 0.15) is 46.5 Å². The van der Waals surface area contributed by atoms with Crippen molar-refractivity contribution in [2.24, 2.45) is 0 Å². The van der Waals surface area contributed by atoms with Crippen LogP contribution >= 0.6 is 0 Å². The largest absolute Gasteiger partial charge is 0.507 e. The van der Waals surface area contributed by atoms with Gasteiger partial charge in [-0.2, -0.15) is 0 Å². The van der Waals surface area contributed by atoms with E-state index in [1.165, 1.54) is 31.4 Å². The number of benzene rings is 2. The summed E-state index contributed by atoms with van der Waals surface area (Å²) >= 11 is 0. The number of aliphatic hydroxyl groups is 3. The number of hydrogen-bond acceptors (Lipinski definition) is 11. The Hall–Kier alpha value is -3.84. The van der Waals surface area contributed by atoms with Gasteiger partial charge >= 0.3 is 5.97 Å². The topological polar surface area (TPSA) is 196 Å². The van der Waals surface area contributed by atoms with Crippen LogP contribution in [0.5, 0.6) is 23.0 Å². The number of phenols is 2. The van der Waals surface area contributed by atoms with E-state index in [1.54, 1.807) is 0 Å². The molecular weight excluding hydrogens is 456 g/mol. The summed E-state index contributed by atoms with van der Waals surface area (Å²) in [7, 11) is 1.35. The molecule has 0 radical (unpaired) electrons. The molecule has 2 aromatic carbocycles. The van der Waals surface area contributed by atoms with Gasteiger partial charge < -0.3 is 49.3 Å². The van der Waals surface area contributed by atoms with Gasteiger partial charge in [0, 0.05) is 23.8 Å². The molecule has 1 aliphatic rings. The summed E-state index contributed by atoms with van der Waals surface area (Å²) in [4.78, 5) is 23.9. The average molecular weight is 476 g/mol. The number of hydrogen-bond donors (Lipinski definition) is 6. The fourth-order valence-electron chi connectivity index (χ4n) is 3.57. The second-order valence-corrected chi connectivity index (χ2v) is 7.53. The number of phenolic OH excluding ortho intramolecular Hbond substituents is 2. The van der Waals surface area contributed by atoms with E-state index in [0.717, 1.165) is 12.1 Å². The van der Waals surface area contributed by atoms with Crippen molar-refractivity contribution in [1.29, 1.82) is 0 Å². The first-order valence-electron chi connectivity index (χ1n) is 9.88. The predicted octanol–water partition coefficient (Wildman–Crippen LogP) is 0.151. The molecule has 1 aliphatic heterocycles. The maximum Gasteiger partial charge on any atom is 0.335 e. The van der Waals surface area contributed by atoms with E-state index in [-0.39, 0.29) is 34.0 Å². The van der Waals surface area contributed by atoms with Gasteiger partial charge in [-0.1, -0.05) is 0 Å². The Kier molecular flexibility index (Phi) is 6.06. The number of carbonyl (C=O) groups is 1. The molecule has 1 aromatic heterocycles. The lowest BCUT2D eigenvalue weighted by atomic mass is 9.99. The van der Waals surface area contributed by atoms with Crippen molar-refractivity contribution >= 4 is 16.9 Å².